The molecular formula is C22H25N3O2. The molecule has 1 saturated heterocycles. The minimum absolute atomic E-state index is 0.158. The van der Waals surface area contributed by atoms with Crippen LogP contribution in [0.4, 0.5) is 0 Å². The SMILES string of the molecule is COc1ccc2c(ccn2CCC(=O)N2CCCC[C@H]2c2cccnc2)c1. The number of carbonyl (C=O) groups is 1. The van der Waals surface area contributed by atoms with Gasteiger partial charge in [-0.3, -0.25) is 9.78 Å². The maximum Gasteiger partial charge on any atom is 0.224 e. The molecule has 0 N–H and O–H groups in total. The molecule has 1 aliphatic heterocycles. The van der Waals surface area contributed by atoms with Gasteiger partial charge in [-0.25, -0.2) is 0 Å². The maximum atomic E-state index is 13.0. The van der Waals surface area contributed by atoms with Crippen molar-refractivity contribution in [2.45, 2.75) is 38.3 Å². The van der Waals surface area contributed by atoms with Crippen molar-refractivity contribution >= 4 is 16.8 Å². The highest BCUT2D eigenvalue weighted by Gasteiger charge is 2.27. The fraction of sp³-hybridized carbons (Fsp3) is 0.364. The highest BCUT2D eigenvalue weighted by molar-refractivity contribution is 5.82. The van der Waals surface area contributed by atoms with Crippen LogP contribution in [0.15, 0.2) is 55.0 Å². The van der Waals surface area contributed by atoms with Crippen molar-refractivity contribution in [2.75, 3.05) is 13.7 Å². The topological polar surface area (TPSA) is 47.4 Å². The Balaban J connectivity index is 1.47. The van der Waals surface area contributed by atoms with E-state index in [0.29, 0.717) is 13.0 Å². The van der Waals surface area contributed by atoms with E-state index in [0.717, 1.165) is 48.0 Å². The lowest BCUT2D eigenvalue weighted by atomic mass is 9.96. The predicted octanol–water partition coefficient (Wildman–Crippen LogP) is 4.19. The first kappa shape index (κ1) is 17.6. The lowest BCUT2D eigenvalue weighted by Gasteiger charge is -2.36. The van der Waals surface area contributed by atoms with Crippen LogP contribution in [0.25, 0.3) is 10.9 Å². The van der Waals surface area contributed by atoms with E-state index < -0.39 is 0 Å². The summed E-state index contributed by atoms with van der Waals surface area (Å²) in [6.45, 7) is 1.52. The molecule has 0 saturated carbocycles. The molecule has 0 unspecified atom stereocenters. The van der Waals surface area contributed by atoms with E-state index in [-0.39, 0.29) is 11.9 Å². The van der Waals surface area contributed by atoms with Crippen LogP contribution in [0, 0.1) is 0 Å². The van der Waals surface area contributed by atoms with Gasteiger partial charge in [-0.2, -0.15) is 0 Å². The highest BCUT2D eigenvalue weighted by Crippen LogP contribution is 2.31. The second kappa shape index (κ2) is 7.82. The molecule has 1 aliphatic rings. The van der Waals surface area contributed by atoms with Crippen LogP contribution >= 0.6 is 0 Å². The Labute approximate surface area is 159 Å². The van der Waals surface area contributed by atoms with Crippen LogP contribution in [0.1, 0.15) is 37.3 Å². The predicted molar refractivity (Wildman–Crippen MR) is 106 cm³/mol. The Kier molecular flexibility index (Phi) is 5.10. The highest BCUT2D eigenvalue weighted by atomic mass is 16.5. The molecule has 1 fully saturated rings. The molecule has 3 aromatic rings. The smallest absolute Gasteiger partial charge is 0.224 e. The molecule has 1 amide bonds. The number of aryl methyl sites for hydroxylation is 1. The monoisotopic (exact) mass is 363 g/mol. The fourth-order valence-corrected chi connectivity index (χ4v) is 4.01. The second-order valence-corrected chi connectivity index (χ2v) is 7.07. The van der Waals surface area contributed by atoms with Crippen LogP contribution in [0.2, 0.25) is 0 Å². The second-order valence-electron chi connectivity index (χ2n) is 7.07. The Morgan fingerprint density at radius 3 is 3.00 bits per heavy atom. The number of fused-ring (bicyclic) bond motifs is 1. The summed E-state index contributed by atoms with van der Waals surface area (Å²) in [5, 5.41) is 1.13. The minimum atomic E-state index is 0.158. The summed E-state index contributed by atoms with van der Waals surface area (Å²) in [6, 6.07) is 12.3. The molecule has 2 aromatic heterocycles. The average Bonchev–Trinajstić information content (AvgIpc) is 3.14. The maximum absolute atomic E-state index is 13.0. The molecule has 140 valence electrons. The fourth-order valence-electron chi connectivity index (χ4n) is 4.01. The zero-order valence-electron chi connectivity index (χ0n) is 15.7. The van der Waals surface area contributed by atoms with Gasteiger partial charge in [-0.05, 0) is 55.2 Å². The Bertz CT molecular complexity index is 920. The van der Waals surface area contributed by atoms with Gasteiger partial charge in [0.05, 0.1) is 13.2 Å². The van der Waals surface area contributed by atoms with Gasteiger partial charge >= 0.3 is 0 Å². The van der Waals surface area contributed by atoms with Gasteiger partial charge in [0.25, 0.3) is 0 Å². The van der Waals surface area contributed by atoms with Crippen LogP contribution in [0.3, 0.4) is 0 Å². The van der Waals surface area contributed by atoms with E-state index in [9.17, 15) is 4.79 Å². The number of aromatic nitrogens is 2. The Morgan fingerprint density at radius 1 is 1.26 bits per heavy atom. The molecule has 0 bridgehead atoms. The summed E-state index contributed by atoms with van der Waals surface area (Å²) >= 11 is 0. The summed E-state index contributed by atoms with van der Waals surface area (Å²) in [6.07, 6.45) is 9.48. The van der Waals surface area contributed by atoms with Gasteiger partial charge in [0.1, 0.15) is 5.75 Å². The van der Waals surface area contributed by atoms with Gasteiger partial charge in [0.2, 0.25) is 5.91 Å². The van der Waals surface area contributed by atoms with E-state index in [2.05, 4.69) is 32.7 Å². The standard InChI is InChI=1S/C22H25N3O2/c1-27-19-7-8-20-17(15-19)9-13-24(20)14-10-22(26)25-12-3-2-6-21(25)18-5-4-11-23-16-18/h4-5,7-9,11,13,15-16,21H,2-3,6,10,12,14H2,1H3/t21-/m0/s1. The van der Waals surface area contributed by atoms with E-state index in [1.54, 1.807) is 13.3 Å². The Morgan fingerprint density at radius 2 is 2.19 bits per heavy atom. The number of benzene rings is 1. The van der Waals surface area contributed by atoms with Gasteiger partial charge < -0.3 is 14.2 Å². The number of carbonyl (C=O) groups excluding carboxylic acids is 1. The van der Waals surface area contributed by atoms with Crippen molar-refractivity contribution in [2.24, 2.45) is 0 Å². The normalized spacial score (nSPS) is 17.2. The number of piperidine rings is 1. The molecule has 5 nitrogen and oxygen atoms in total. The molecule has 1 aromatic carbocycles. The van der Waals surface area contributed by atoms with Gasteiger partial charge in [0, 0.05) is 49.0 Å². The quantitative estimate of drug-likeness (QED) is 0.683. The molecule has 4 rings (SSSR count). The number of hydrogen-bond donors (Lipinski definition) is 0. The van der Waals surface area contributed by atoms with E-state index in [1.165, 1.54) is 0 Å². The molecule has 0 spiro atoms. The van der Waals surface area contributed by atoms with Gasteiger partial charge in [-0.15, -0.1) is 0 Å². The molecule has 5 heteroatoms. The van der Waals surface area contributed by atoms with E-state index in [4.69, 9.17) is 4.74 Å². The molecular weight excluding hydrogens is 338 g/mol. The first-order chi connectivity index (χ1) is 13.3. The van der Waals surface area contributed by atoms with Crippen molar-refractivity contribution in [3.8, 4) is 5.75 Å². The number of nitrogens with zero attached hydrogens (tertiary/aromatic N) is 3. The van der Waals surface area contributed by atoms with Crippen LogP contribution in [-0.4, -0.2) is 34.0 Å². The van der Waals surface area contributed by atoms with Crippen LogP contribution in [0.5, 0.6) is 5.75 Å². The van der Waals surface area contributed by atoms with Crippen molar-refractivity contribution in [1.29, 1.82) is 0 Å². The number of hydrogen-bond acceptors (Lipinski definition) is 3. The first-order valence-corrected chi connectivity index (χ1v) is 9.58. The van der Waals surface area contributed by atoms with Gasteiger partial charge in [0.15, 0.2) is 0 Å². The van der Waals surface area contributed by atoms with Crippen molar-refractivity contribution in [3.63, 3.8) is 0 Å². The number of likely N-dealkylation sites (tertiary alicyclic amines) is 1. The molecule has 1 atom stereocenters. The lowest BCUT2D eigenvalue weighted by molar-refractivity contribution is -0.135. The Hall–Kier alpha value is -2.82. The summed E-state index contributed by atoms with van der Waals surface area (Å²) in [5.74, 6) is 1.07. The largest absolute Gasteiger partial charge is 0.497 e. The van der Waals surface area contributed by atoms with Crippen LogP contribution in [-0.2, 0) is 11.3 Å². The summed E-state index contributed by atoms with van der Waals surface area (Å²) in [5.41, 5.74) is 2.27. The average molecular weight is 363 g/mol. The number of amides is 1. The minimum Gasteiger partial charge on any atom is -0.497 e. The number of pyridine rings is 1. The zero-order chi connectivity index (χ0) is 18.6. The third-order valence-electron chi connectivity index (χ3n) is 5.44. The zero-order valence-corrected chi connectivity index (χ0v) is 15.7. The van der Waals surface area contributed by atoms with E-state index >= 15 is 0 Å². The summed E-state index contributed by atoms with van der Waals surface area (Å²) in [4.78, 5) is 19.3. The number of ether oxygens (including phenoxy) is 1. The van der Waals surface area contributed by atoms with Crippen molar-refractivity contribution in [1.82, 2.24) is 14.5 Å². The summed E-state index contributed by atoms with van der Waals surface area (Å²) < 4.78 is 7.44. The number of methoxy groups -OCH3 is 1. The summed E-state index contributed by atoms with van der Waals surface area (Å²) in [7, 11) is 1.67. The van der Waals surface area contributed by atoms with Gasteiger partial charge in [-0.1, -0.05) is 6.07 Å². The molecule has 3 heterocycles. The molecule has 0 radical (unpaired) electrons. The first-order valence-electron chi connectivity index (χ1n) is 9.58. The van der Waals surface area contributed by atoms with Crippen molar-refractivity contribution < 1.29 is 9.53 Å². The molecule has 0 aliphatic carbocycles. The molecule has 27 heavy (non-hydrogen) atoms. The lowest BCUT2D eigenvalue weighted by Crippen LogP contribution is -2.38. The third kappa shape index (κ3) is 3.68. The van der Waals surface area contributed by atoms with Crippen molar-refractivity contribution in [3.05, 3.63) is 60.6 Å². The third-order valence-corrected chi connectivity index (χ3v) is 5.44. The number of rotatable bonds is 5. The van der Waals surface area contributed by atoms with E-state index in [1.807, 2.05) is 30.6 Å². The van der Waals surface area contributed by atoms with Crippen LogP contribution < -0.4 is 4.74 Å².